The molecule has 3 nitrogen and oxygen atoms in total. The van der Waals surface area contributed by atoms with Crippen molar-refractivity contribution in [2.45, 2.75) is 74.9 Å². The van der Waals surface area contributed by atoms with Crippen molar-refractivity contribution in [2.75, 3.05) is 0 Å². The van der Waals surface area contributed by atoms with E-state index in [4.69, 9.17) is 16.3 Å². The Bertz CT molecular complexity index is 573. The van der Waals surface area contributed by atoms with E-state index in [2.05, 4.69) is 12.1 Å². The van der Waals surface area contributed by atoms with E-state index in [9.17, 15) is 9.90 Å². The molecule has 0 aliphatic heterocycles. The number of carboxylic acids is 1. The number of hydrogen-bond donors (Lipinski definition) is 0. The molecular formula is C19H24ClNaO3. The van der Waals surface area contributed by atoms with Crippen LogP contribution in [-0.4, -0.2) is 16.4 Å². The SMILES string of the molecule is CC(C)(OCc1ccc(C23CCC(Cl)(CC2)CC3)cc1)C(=O)[O-].[Na+]. The molecule has 5 heteroatoms. The molecule has 2 bridgehead atoms. The van der Waals surface area contributed by atoms with Crippen molar-refractivity contribution >= 4 is 17.6 Å². The Morgan fingerprint density at radius 2 is 1.62 bits per heavy atom. The van der Waals surface area contributed by atoms with E-state index in [0.29, 0.717) is 5.41 Å². The van der Waals surface area contributed by atoms with Crippen LogP contribution >= 0.6 is 11.6 Å². The summed E-state index contributed by atoms with van der Waals surface area (Å²) in [5, 5.41) is 11.0. The maximum Gasteiger partial charge on any atom is 1.00 e. The molecule has 1 aromatic rings. The van der Waals surface area contributed by atoms with Crippen molar-refractivity contribution in [3.8, 4) is 0 Å². The number of ether oxygens (including phenoxy) is 1. The Labute approximate surface area is 171 Å². The summed E-state index contributed by atoms with van der Waals surface area (Å²) in [4.78, 5) is 11.0. The van der Waals surface area contributed by atoms with Gasteiger partial charge in [0.15, 0.2) is 0 Å². The van der Waals surface area contributed by atoms with Crippen molar-refractivity contribution in [3.05, 3.63) is 35.4 Å². The number of carboxylic acid groups (broad SMARTS) is 1. The number of halogens is 1. The van der Waals surface area contributed by atoms with Gasteiger partial charge in [-0.05, 0) is 68.9 Å². The van der Waals surface area contributed by atoms with Gasteiger partial charge in [0.2, 0.25) is 0 Å². The van der Waals surface area contributed by atoms with Gasteiger partial charge in [0.25, 0.3) is 0 Å². The Morgan fingerprint density at radius 1 is 1.12 bits per heavy atom. The topological polar surface area (TPSA) is 49.4 Å². The average molecular weight is 359 g/mol. The van der Waals surface area contributed by atoms with E-state index in [-0.39, 0.29) is 41.0 Å². The smallest absolute Gasteiger partial charge is 0.547 e. The molecule has 0 amide bonds. The molecule has 126 valence electrons. The minimum Gasteiger partial charge on any atom is -0.547 e. The second-order valence-electron chi connectivity index (χ2n) is 7.71. The van der Waals surface area contributed by atoms with Gasteiger partial charge < -0.3 is 14.6 Å². The van der Waals surface area contributed by atoms with Gasteiger partial charge in [-0.1, -0.05) is 24.3 Å². The number of rotatable bonds is 5. The standard InChI is InChI=1S/C19H25ClO3.Na/c1-17(2,16(21)22)23-13-14-3-5-15(6-4-14)18-7-10-19(20,11-8-18)12-9-18;/h3-6H,7-13H2,1-2H3,(H,21,22);/q;+1/p-1. The number of benzene rings is 1. The first kappa shape index (κ1) is 20.3. The predicted molar refractivity (Wildman–Crippen MR) is 88.3 cm³/mol. The van der Waals surface area contributed by atoms with Crippen LogP contribution in [0.2, 0.25) is 0 Å². The fourth-order valence-electron chi connectivity index (χ4n) is 3.85. The Hall–Kier alpha value is -0.0600. The summed E-state index contributed by atoms with van der Waals surface area (Å²) in [7, 11) is 0. The van der Waals surface area contributed by atoms with Crippen LogP contribution in [0.5, 0.6) is 0 Å². The normalized spacial score (nSPS) is 29.1. The maximum absolute atomic E-state index is 11.0. The molecule has 0 atom stereocenters. The molecule has 4 rings (SSSR count). The largest absolute Gasteiger partial charge is 1.00 e. The minimum atomic E-state index is -1.27. The molecule has 0 spiro atoms. The van der Waals surface area contributed by atoms with Crippen LogP contribution in [0.4, 0.5) is 0 Å². The average Bonchev–Trinajstić information content (AvgIpc) is 2.54. The molecule has 0 N–H and O–H groups in total. The first-order valence-corrected chi connectivity index (χ1v) is 8.76. The van der Waals surface area contributed by atoms with Crippen LogP contribution in [0.25, 0.3) is 0 Å². The molecule has 3 aliphatic rings. The van der Waals surface area contributed by atoms with Gasteiger partial charge in [-0.3, -0.25) is 0 Å². The molecule has 0 unspecified atom stereocenters. The molecule has 0 saturated heterocycles. The molecule has 24 heavy (non-hydrogen) atoms. The van der Waals surface area contributed by atoms with Crippen LogP contribution in [0.3, 0.4) is 0 Å². The van der Waals surface area contributed by atoms with Gasteiger partial charge in [-0.15, -0.1) is 11.6 Å². The summed E-state index contributed by atoms with van der Waals surface area (Å²) in [5.41, 5.74) is 1.39. The van der Waals surface area contributed by atoms with Gasteiger partial charge in [0.1, 0.15) is 5.60 Å². The minimum absolute atomic E-state index is 0. The number of carbonyl (C=O) groups excluding carboxylic acids is 1. The first-order chi connectivity index (χ1) is 10.7. The van der Waals surface area contributed by atoms with E-state index in [1.54, 1.807) is 0 Å². The van der Waals surface area contributed by atoms with Gasteiger partial charge in [0, 0.05) is 4.87 Å². The summed E-state index contributed by atoms with van der Waals surface area (Å²) in [6.07, 6.45) is 6.84. The second-order valence-corrected chi connectivity index (χ2v) is 8.52. The molecule has 3 aliphatic carbocycles. The number of alkyl halides is 1. The Morgan fingerprint density at radius 3 is 2.08 bits per heavy atom. The van der Waals surface area contributed by atoms with Crippen molar-refractivity contribution in [2.24, 2.45) is 0 Å². The van der Waals surface area contributed by atoms with Crippen molar-refractivity contribution in [1.82, 2.24) is 0 Å². The van der Waals surface area contributed by atoms with Crippen LogP contribution < -0.4 is 34.7 Å². The van der Waals surface area contributed by atoms with Crippen LogP contribution in [-0.2, 0) is 21.6 Å². The van der Waals surface area contributed by atoms with Gasteiger partial charge in [-0.25, -0.2) is 0 Å². The van der Waals surface area contributed by atoms with Crippen molar-refractivity contribution in [1.29, 1.82) is 0 Å². The predicted octanol–water partition coefficient (Wildman–Crippen LogP) is 0.319. The summed E-state index contributed by atoms with van der Waals surface area (Å²) >= 11 is 6.61. The number of carbonyl (C=O) groups is 1. The van der Waals surface area contributed by atoms with Gasteiger partial charge in [-0.2, -0.15) is 0 Å². The van der Waals surface area contributed by atoms with Crippen molar-refractivity contribution < 1.29 is 44.2 Å². The Balaban J connectivity index is 0.00000208. The Kier molecular flexibility index (Phi) is 6.15. The number of aliphatic carboxylic acids is 1. The van der Waals surface area contributed by atoms with Crippen LogP contribution in [0.1, 0.15) is 63.5 Å². The molecule has 0 heterocycles. The zero-order valence-electron chi connectivity index (χ0n) is 14.9. The molecule has 3 saturated carbocycles. The van der Waals surface area contributed by atoms with Crippen LogP contribution in [0.15, 0.2) is 24.3 Å². The van der Waals surface area contributed by atoms with E-state index in [0.717, 1.165) is 24.8 Å². The maximum atomic E-state index is 11.0. The first-order valence-electron chi connectivity index (χ1n) is 8.39. The fourth-order valence-corrected chi connectivity index (χ4v) is 4.13. The van der Waals surface area contributed by atoms with Crippen LogP contribution in [0, 0.1) is 0 Å². The monoisotopic (exact) mass is 358 g/mol. The molecule has 3 fully saturated rings. The third-order valence-corrected chi connectivity index (χ3v) is 6.38. The van der Waals surface area contributed by atoms with E-state index >= 15 is 0 Å². The van der Waals surface area contributed by atoms with Crippen molar-refractivity contribution in [3.63, 3.8) is 0 Å². The molecule has 1 aromatic carbocycles. The van der Waals surface area contributed by atoms with Gasteiger partial charge in [0.05, 0.1) is 12.6 Å². The molecule has 0 aromatic heterocycles. The summed E-state index contributed by atoms with van der Waals surface area (Å²) in [6, 6.07) is 8.45. The number of hydrogen-bond acceptors (Lipinski definition) is 3. The van der Waals surface area contributed by atoms with E-state index < -0.39 is 11.6 Å². The van der Waals surface area contributed by atoms with Gasteiger partial charge >= 0.3 is 29.6 Å². The third-order valence-electron chi connectivity index (χ3n) is 5.81. The molecule has 0 radical (unpaired) electrons. The zero-order valence-corrected chi connectivity index (χ0v) is 17.6. The van der Waals surface area contributed by atoms with E-state index in [1.165, 1.54) is 38.7 Å². The molecular weight excluding hydrogens is 335 g/mol. The summed E-state index contributed by atoms with van der Waals surface area (Å²) < 4.78 is 5.46. The zero-order chi connectivity index (χ0) is 16.7. The second kappa shape index (κ2) is 7.28. The third kappa shape index (κ3) is 4.02. The fraction of sp³-hybridized carbons (Fsp3) is 0.632. The van der Waals surface area contributed by atoms with E-state index in [1.807, 2.05) is 12.1 Å². The summed E-state index contributed by atoms with van der Waals surface area (Å²) in [5.74, 6) is -1.19. The summed E-state index contributed by atoms with van der Waals surface area (Å²) in [6.45, 7) is 3.30. The number of fused-ring (bicyclic) bond motifs is 3. The quantitative estimate of drug-likeness (QED) is 0.562.